The first kappa shape index (κ1) is 18.2. The summed E-state index contributed by atoms with van der Waals surface area (Å²) in [6.45, 7) is 7.26. The number of nitrogens with one attached hydrogen (secondary N) is 2. The molecule has 1 saturated heterocycles. The van der Waals surface area contributed by atoms with Gasteiger partial charge in [-0.25, -0.2) is 4.39 Å². The standard InChI is InChI=1S/C17H25FN4O2/c1-2-19-16(23)17(24)20-8-3-9-21-10-12-22(13-11-21)15-6-4-14(18)5-7-15/h4-7H,2-3,8-13H2,1H3,(H,19,23)(H,20,24). The fourth-order valence-corrected chi connectivity index (χ4v) is 2.71. The summed E-state index contributed by atoms with van der Waals surface area (Å²) >= 11 is 0. The molecule has 0 unspecified atom stereocenters. The topological polar surface area (TPSA) is 64.7 Å². The van der Waals surface area contributed by atoms with Crippen molar-refractivity contribution in [2.24, 2.45) is 0 Å². The van der Waals surface area contributed by atoms with Crippen LogP contribution in [-0.4, -0.2) is 62.5 Å². The summed E-state index contributed by atoms with van der Waals surface area (Å²) in [5.74, 6) is -1.37. The summed E-state index contributed by atoms with van der Waals surface area (Å²) in [6, 6.07) is 6.59. The molecule has 0 saturated carbocycles. The largest absolute Gasteiger partial charge is 0.369 e. The van der Waals surface area contributed by atoms with E-state index in [0.29, 0.717) is 13.1 Å². The number of nitrogens with zero attached hydrogens (tertiary/aromatic N) is 2. The Kier molecular flexibility index (Phi) is 6.99. The van der Waals surface area contributed by atoms with Crippen LogP contribution in [0.2, 0.25) is 0 Å². The molecule has 2 amide bonds. The molecule has 2 N–H and O–H groups in total. The van der Waals surface area contributed by atoms with Crippen molar-refractivity contribution in [1.82, 2.24) is 15.5 Å². The van der Waals surface area contributed by atoms with Crippen LogP contribution in [0.5, 0.6) is 0 Å². The highest BCUT2D eigenvalue weighted by Crippen LogP contribution is 2.16. The van der Waals surface area contributed by atoms with E-state index in [2.05, 4.69) is 20.4 Å². The van der Waals surface area contributed by atoms with Gasteiger partial charge in [0.2, 0.25) is 0 Å². The molecule has 0 radical (unpaired) electrons. The Labute approximate surface area is 142 Å². The number of likely N-dealkylation sites (N-methyl/N-ethyl adjacent to an activating group) is 1. The zero-order valence-corrected chi connectivity index (χ0v) is 14.1. The average Bonchev–Trinajstić information content (AvgIpc) is 2.60. The van der Waals surface area contributed by atoms with Crippen LogP contribution in [0, 0.1) is 5.82 Å². The number of benzene rings is 1. The van der Waals surface area contributed by atoms with Crippen LogP contribution < -0.4 is 15.5 Å². The Balaban J connectivity index is 1.62. The first-order chi connectivity index (χ1) is 11.6. The van der Waals surface area contributed by atoms with Gasteiger partial charge < -0.3 is 15.5 Å². The molecular weight excluding hydrogens is 311 g/mol. The molecule has 7 heteroatoms. The average molecular weight is 336 g/mol. The summed E-state index contributed by atoms with van der Waals surface area (Å²) in [5.41, 5.74) is 1.05. The van der Waals surface area contributed by atoms with E-state index in [9.17, 15) is 14.0 Å². The predicted molar refractivity (Wildman–Crippen MR) is 91.4 cm³/mol. The highest BCUT2D eigenvalue weighted by Gasteiger charge is 2.17. The second-order valence-corrected chi connectivity index (χ2v) is 5.77. The Morgan fingerprint density at radius 1 is 1.04 bits per heavy atom. The Morgan fingerprint density at radius 3 is 2.29 bits per heavy atom. The van der Waals surface area contributed by atoms with Crippen LogP contribution in [0.15, 0.2) is 24.3 Å². The van der Waals surface area contributed by atoms with Crippen LogP contribution in [0.4, 0.5) is 10.1 Å². The van der Waals surface area contributed by atoms with Crippen molar-refractivity contribution < 1.29 is 14.0 Å². The minimum absolute atomic E-state index is 0.216. The van der Waals surface area contributed by atoms with Crippen LogP contribution in [0.1, 0.15) is 13.3 Å². The van der Waals surface area contributed by atoms with Gasteiger partial charge in [-0.1, -0.05) is 0 Å². The molecule has 1 aromatic rings. The number of rotatable bonds is 6. The van der Waals surface area contributed by atoms with Crippen molar-refractivity contribution in [3.63, 3.8) is 0 Å². The lowest BCUT2D eigenvalue weighted by molar-refractivity contribution is -0.139. The summed E-state index contributed by atoms with van der Waals surface area (Å²) in [7, 11) is 0. The van der Waals surface area contributed by atoms with E-state index in [1.807, 2.05) is 12.1 Å². The lowest BCUT2D eigenvalue weighted by Gasteiger charge is -2.36. The maximum absolute atomic E-state index is 13.0. The van der Waals surface area contributed by atoms with E-state index in [1.165, 1.54) is 12.1 Å². The minimum atomic E-state index is -0.578. The first-order valence-electron chi connectivity index (χ1n) is 8.39. The molecule has 1 aliphatic heterocycles. The van der Waals surface area contributed by atoms with Crippen LogP contribution in [0.25, 0.3) is 0 Å². The number of halogens is 1. The number of carbonyl (C=O) groups is 2. The Hall–Kier alpha value is -2.15. The molecule has 0 bridgehead atoms. The number of anilines is 1. The lowest BCUT2D eigenvalue weighted by Crippen LogP contribution is -2.47. The second-order valence-electron chi connectivity index (χ2n) is 5.77. The maximum Gasteiger partial charge on any atom is 0.309 e. The van der Waals surface area contributed by atoms with Crippen molar-refractivity contribution in [3.05, 3.63) is 30.1 Å². The van der Waals surface area contributed by atoms with E-state index >= 15 is 0 Å². The normalized spacial score (nSPS) is 15.2. The summed E-state index contributed by atoms with van der Waals surface area (Å²) in [6.07, 6.45) is 0.807. The SMILES string of the molecule is CCNC(=O)C(=O)NCCCN1CCN(c2ccc(F)cc2)CC1. The van der Waals surface area contributed by atoms with Crippen molar-refractivity contribution in [3.8, 4) is 0 Å². The van der Waals surface area contributed by atoms with Gasteiger partial charge in [0.1, 0.15) is 5.82 Å². The maximum atomic E-state index is 13.0. The molecule has 1 fully saturated rings. The Bertz CT molecular complexity index is 542. The van der Waals surface area contributed by atoms with Gasteiger partial charge in [0, 0.05) is 45.0 Å². The minimum Gasteiger partial charge on any atom is -0.369 e. The van der Waals surface area contributed by atoms with E-state index < -0.39 is 11.8 Å². The van der Waals surface area contributed by atoms with Crippen molar-refractivity contribution in [1.29, 1.82) is 0 Å². The zero-order valence-electron chi connectivity index (χ0n) is 14.1. The third-order valence-electron chi connectivity index (χ3n) is 4.04. The molecule has 2 rings (SSSR count). The quantitative estimate of drug-likeness (QED) is 0.590. The smallest absolute Gasteiger partial charge is 0.309 e. The number of hydrogen-bond donors (Lipinski definition) is 2. The highest BCUT2D eigenvalue weighted by atomic mass is 19.1. The van der Waals surface area contributed by atoms with Crippen molar-refractivity contribution in [2.45, 2.75) is 13.3 Å². The molecule has 1 heterocycles. The number of amides is 2. The number of carbonyl (C=O) groups excluding carboxylic acids is 2. The van der Waals surface area contributed by atoms with E-state index in [4.69, 9.17) is 0 Å². The van der Waals surface area contributed by atoms with Crippen LogP contribution in [0.3, 0.4) is 0 Å². The zero-order chi connectivity index (χ0) is 17.4. The van der Waals surface area contributed by atoms with Gasteiger partial charge in [0.05, 0.1) is 0 Å². The van der Waals surface area contributed by atoms with Gasteiger partial charge in [0.15, 0.2) is 0 Å². The summed E-state index contributed by atoms with van der Waals surface area (Å²) < 4.78 is 13.0. The number of piperazine rings is 1. The molecule has 132 valence electrons. The van der Waals surface area contributed by atoms with Gasteiger partial charge in [-0.3, -0.25) is 14.5 Å². The van der Waals surface area contributed by atoms with E-state index in [-0.39, 0.29) is 5.82 Å². The van der Waals surface area contributed by atoms with Gasteiger partial charge in [0.25, 0.3) is 0 Å². The third kappa shape index (κ3) is 5.49. The number of hydrogen-bond acceptors (Lipinski definition) is 4. The molecule has 0 aliphatic carbocycles. The molecular formula is C17H25FN4O2. The second kappa shape index (κ2) is 9.22. The van der Waals surface area contributed by atoms with E-state index in [0.717, 1.165) is 44.8 Å². The van der Waals surface area contributed by atoms with Gasteiger partial charge in [-0.2, -0.15) is 0 Å². The predicted octanol–water partition coefficient (Wildman–Crippen LogP) is 0.590. The molecule has 0 atom stereocenters. The highest BCUT2D eigenvalue weighted by molar-refractivity contribution is 6.35. The first-order valence-corrected chi connectivity index (χ1v) is 8.39. The molecule has 1 aliphatic rings. The van der Waals surface area contributed by atoms with Crippen LogP contribution in [-0.2, 0) is 9.59 Å². The Morgan fingerprint density at radius 2 is 1.67 bits per heavy atom. The van der Waals surface area contributed by atoms with Gasteiger partial charge >= 0.3 is 11.8 Å². The molecule has 0 spiro atoms. The molecule has 6 nitrogen and oxygen atoms in total. The third-order valence-corrected chi connectivity index (χ3v) is 4.04. The summed E-state index contributed by atoms with van der Waals surface area (Å²) in [5, 5.41) is 5.09. The van der Waals surface area contributed by atoms with Gasteiger partial charge in [-0.15, -0.1) is 0 Å². The van der Waals surface area contributed by atoms with Crippen LogP contribution >= 0.6 is 0 Å². The fraction of sp³-hybridized carbons (Fsp3) is 0.529. The summed E-state index contributed by atoms with van der Waals surface area (Å²) in [4.78, 5) is 27.3. The lowest BCUT2D eigenvalue weighted by atomic mass is 10.2. The van der Waals surface area contributed by atoms with Crippen molar-refractivity contribution in [2.75, 3.05) is 50.7 Å². The molecule has 24 heavy (non-hydrogen) atoms. The van der Waals surface area contributed by atoms with Crippen molar-refractivity contribution >= 4 is 17.5 Å². The monoisotopic (exact) mass is 336 g/mol. The van der Waals surface area contributed by atoms with Gasteiger partial charge in [-0.05, 0) is 44.2 Å². The molecule has 0 aromatic heterocycles. The van der Waals surface area contributed by atoms with E-state index in [1.54, 1.807) is 6.92 Å². The fourth-order valence-electron chi connectivity index (χ4n) is 2.71. The molecule has 1 aromatic carbocycles.